The summed E-state index contributed by atoms with van der Waals surface area (Å²) < 4.78 is 0. The fourth-order valence-electron chi connectivity index (χ4n) is 2.56. The van der Waals surface area contributed by atoms with E-state index in [2.05, 4.69) is 29.1 Å². The zero-order chi connectivity index (χ0) is 11.6. The second-order valence-electron chi connectivity index (χ2n) is 5.59. The third-order valence-electron chi connectivity index (χ3n) is 3.43. The fourth-order valence-corrected chi connectivity index (χ4v) is 2.56. The Kier molecular flexibility index (Phi) is 3.13. The van der Waals surface area contributed by atoms with E-state index >= 15 is 0 Å². The topological polar surface area (TPSA) is 37.8 Å². The van der Waals surface area contributed by atoms with Gasteiger partial charge in [-0.3, -0.25) is 4.98 Å². The van der Waals surface area contributed by atoms with Gasteiger partial charge in [0.1, 0.15) is 5.82 Å². The van der Waals surface area contributed by atoms with Crippen LogP contribution in [-0.4, -0.2) is 16.0 Å². The highest BCUT2D eigenvalue weighted by molar-refractivity contribution is 5.39. The Morgan fingerprint density at radius 3 is 2.75 bits per heavy atom. The van der Waals surface area contributed by atoms with Crippen molar-refractivity contribution in [2.24, 2.45) is 5.41 Å². The maximum absolute atomic E-state index is 4.35. The number of hydrogen-bond acceptors (Lipinski definition) is 3. The lowest BCUT2D eigenvalue weighted by Crippen LogP contribution is -2.32. The molecule has 16 heavy (non-hydrogen) atoms. The highest BCUT2D eigenvalue weighted by Gasteiger charge is 2.28. The maximum atomic E-state index is 4.35. The molecule has 0 spiro atoms. The molecule has 3 heteroatoms. The number of rotatable bonds is 2. The summed E-state index contributed by atoms with van der Waals surface area (Å²) >= 11 is 0. The number of nitrogens with one attached hydrogen (secondary N) is 1. The summed E-state index contributed by atoms with van der Waals surface area (Å²) in [6, 6.07) is 0.555. The lowest BCUT2D eigenvalue weighted by atomic mass is 9.75. The minimum Gasteiger partial charge on any atom is -0.366 e. The monoisotopic (exact) mass is 219 g/mol. The van der Waals surface area contributed by atoms with Crippen LogP contribution in [0.5, 0.6) is 0 Å². The van der Waals surface area contributed by atoms with Gasteiger partial charge in [0, 0.05) is 18.4 Å². The van der Waals surface area contributed by atoms with Crippen LogP contribution in [0.2, 0.25) is 0 Å². The number of aryl methyl sites for hydroxylation is 1. The number of hydrogen-bond donors (Lipinski definition) is 1. The molecule has 0 amide bonds. The van der Waals surface area contributed by atoms with Gasteiger partial charge in [-0.1, -0.05) is 20.3 Å². The van der Waals surface area contributed by atoms with Gasteiger partial charge in [-0.15, -0.1) is 0 Å². The molecular weight excluding hydrogens is 198 g/mol. The molecule has 1 fully saturated rings. The van der Waals surface area contributed by atoms with E-state index in [9.17, 15) is 0 Å². The number of anilines is 1. The van der Waals surface area contributed by atoms with Crippen LogP contribution in [0.1, 0.15) is 45.2 Å². The van der Waals surface area contributed by atoms with E-state index in [1.807, 2.05) is 6.92 Å². The van der Waals surface area contributed by atoms with E-state index in [1.54, 1.807) is 12.4 Å². The quantitative estimate of drug-likeness (QED) is 0.830. The van der Waals surface area contributed by atoms with Gasteiger partial charge in [0.2, 0.25) is 0 Å². The van der Waals surface area contributed by atoms with Gasteiger partial charge in [-0.2, -0.15) is 0 Å². The normalized spacial score (nSPS) is 24.1. The minimum absolute atomic E-state index is 0.464. The Morgan fingerprint density at radius 1 is 1.31 bits per heavy atom. The molecular formula is C13H21N3. The largest absolute Gasteiger partial charge is 0.366 e. The SMILES string of the molecule is Cc1nccnc1NC1CCCC(C)(C)C1. The molecule has 88 valence electrons. The van der Waals surface area contributed by atoms with E-state index < -0.39 is 0 Å². The first-order valence-electron chi connectivity index (χ1n) is 6.11. The molecule has 0 saturated heterocycles. The first-order valence-corrected chi connectivity index (χ1v) is 6.11. The molecule has 1 N–H and O–H groups in total. The Morgan fingerprint density at radius 2 is 2.06 bits per heavy atom. The molecule has 1 aromatic rings. The van der Waals surface area contributed by atoms with Crippen molar-refractivity contribution in [1.82, 2.24) is 9.97 Å². The van der Waals surface area contributed by atoms with Crippen molar-refractivity contribution in [1.29, 1.82) is 0 Å². The third kappa shape index (κ3) is 2.71. The molecule has 1 unspecified atom stereocenters. The summed E-state index contributed by atoms with van der Waals surface area (Å²) in [6.45, 7) is 6.71. The zero-order valence-electron chi connectivity index (χ0n) is 10.5. The average molecular weight is 219 g/mol. The summed E-state index contributed by atoms with van der Waals surface area (Å²) in [5, 5.41) is 3.53. The molecule has 2 rings (SSSR count). The molecule has 0 bridgehead atoms. The fraction of sp³-hybridized carbons (Fsp3) is 0.692. The van der Waals surface area contributed by atoms with Crippen LogP contribution in [0, 0.1) is 12.3 Å². The lowest BCUT2D eigenvalue weighted by molar-refractivity contribution is 0.229. The first-order chi connectivity index (χ1) is 7.57. The van der Waals surface area contributed by atoms with Gasteiger partial charge in [0.25, 0.3) is 0 Å². The second kappa shape index (κ2) is 4.40. The minimum atomic E-state index is 0.464. The zero-order valence-corrected chi connectivity index (χ0v) is 10.5. The Hall–Kier alpha value is -1.12. The van der Waals surface area contributed by atoms with Crippen molar-refractivity contribution in [2.45, 2.75) is 52.5 Å². The van der Waals surface area contributed by atoms with Gasteiger partial charge in [-0.05, 0) is 31.6 Å². The standard InChI is InChI=1S/C13H21N3/c1-10-12(15-8-7-14-10)16-11-5-4-6-13(2,3)9-11/h7-8,11H,4-6,9H2,1-3H3,(H,15,16). The Bertz CT molecular complexity index is 360. The van der Waals surface area contributed by atoms with Crippen molar-refractivity contribution in [2.75, 3.05) is 5.32 Å². The first kappa shape index (κ1) is 11.4. The second-order valence-corrected chi connectivity index (χ2v) is 5.59. The molecule has 1 aliphatic rings. The summed E-state index contributed by atoms with van der Waals surface area (Å²) in [4.78, 5) is 8.60. The molecule has 1 atom stereocenters. The van der Waals surface area contributed by atoms with Crippen LogP contribution in [0.25, 0.3) is 0 Å². The van der Waals surface area contributed by atoms with Crippen LogP contribution < -0.4 is 5.32 Å². The molecule has 1 heterocycles. The van der Waals surface area contributed by atoms with Crippen LogP contribution in [0.3, 0.4) is 0 Å². The smallest absolute Gasteiger partial charge is 0.147 e. The summed E-state index contributed by atoms with van der Waals surface area (Å²) in [5.41, 5.74) is 1.46. The molecule has 1 aromatic heterocycles. The number of nitrogens with zero attached hydrogens (tertiary/aromatic N) is 2. The summed E-state index contributed by atoms with van der Waals surface area (Å²) in [6.07, 6.45) is 8.62. The Balaban J connectivity index is 2.02. The van der Waals surface area contributed by atoms with Crippen molar-refractivity contribution in [3.63, 3.8) is 0 Å². The van der Waals surface area contributed by atoms with Gasteiger partial charge in [0.15, 0.2) is 0 Å². The van der Waals surface area contributed by atoms with E-state index in [-0.39, 0.29) is 0 Å². The predicted molar refractivity (Wildman–Crippen MR) is 66.4 cm³/mol. The lowest BCUT2D eigenvalue weighted by Gasteiger charge is -2.35. The van der Waals surface area contributed by atoms with E-state index in [4.69, 9.17) is 0 Å². The molecule has 0 aromatic carbocycles. The van der Waals surface area contributed by atoms with Crippen LogP contribution >= 0.6 is 0 Å². The van der Waals surface area contributed by atoms with Crippen molar-refractivity contribution >= 4 is 5.82 Å². The number of aromatic nitrogens is 2. The third-order valence-corrected chi connectivity index (χ3v) is 3.43. The van der Waals surface area contributed by atoms with Gasteiger partial charge >= 0.3 is 0 Å². The molecule has 0 radical (unpaired) electrons. The van der Waals surface area contributed by atoms with Crippen molar-refractivity contribution in [3.05, 3.63) is 18.1 Å². The van der Waals surface area contributed by atoms with Crippen molar-refractivity contribution < 1.29 is 0 Å². The Labute approximate surface area is 97.7 Å². The van der Waals surface area contributed by atoms with E-state index in [0.29, 0.717) is 11.5 Å². The molecule has 1 saturated carbocycles. The van der Waals surface area contributed by atoms with E-state index in [0.717, 1.165) is 11.5 Å². The van der Waals surface area contributed by atoms with Gasteiger partial charge < -0.3 is 5.32 Å². The molecule has 1 aliphatic carbocycles. The van der Waals surface area contributed by atoms with Crippen molar-refractivity contribution in [3.8, 4) is 0 Å². The molecule has 3 nitrogen and oxygen atoms in total. The summed E-state index contributed by atoms with van der Waals surface area (Å²) in [5.74, 6) is 0.949. The van der Waals surface area contributed by atoms with Gasteiger partial charge in [-0.25, -0.2) is 4.98 Å². The van der Waals surface area contributed by atoms with Crippen LogP contribution in [0.15, 0.2) is 12.4 Å². The van der Waals surface area contributed by atoms with E-state index in [1.165, 1.54) is 25.7 Å². The maximum Gasteiger partial charge on any atom is 0.147 e. The van der Waals surface area contributed by atoms with Gasteiger partial charge in [0.05, 0.1) is 5.69 Å². The molecule has 0 aliphatic heterocycles. The summed E-state index contributed by atoms with van der Waals surface area (Å²) in [7, 11) is 0. The highest BCUT2D eigenvalue weighted by atomic mass is 15.0. The predicted octanol–water partition coefficient (Wildman–Crippen LogP) is 3.17. The van der Waals surface area contributed by atoms with Crippen LogP contribution in [-0.2, 0) is 0 Å². The van der Waals surface area contributed by atoms with Crippen LogP contribution in [0.4, 0.5) is 5.82 Å². The highest BCUT2D eigenvalue weighted by Crippen LogP contribution is 2.36. The average Bonchev–Trinajstić information content (AvgIpc) is 2.20.